The van der Waals surface area contributed by atoms with Crippen molar-refractivity contribution in [3.05, 3.63) is 18.2 Å². The number of aromatic nitrogens is 2. The van der Waals surface area contributed by atoms with E-state index in [-0.39, 0.29) is 11.8 Å². The predicted molar refractivity (Wildman–Crippen MR) is 61.3 cm³/mol. The molecule has 1 saturated heterocycles. The lowest BCUT2D eigenvalue weighted by Crippen LogP contribution is -2.63. The lowest BCUT2D eigenvalue weighted by atomic mass is 9.98. The van der Waals surface area contributed by atoms with Crippen molar-refractivity contribution in [3.8, 4) is 0 Å². The second-order valence-electron chi connectivity index (χ2n) is 4.70. The summed E-state index contributed by atoms with van der Waals surface area (Å²) in [5.41, 5.74) is -0.456. The third-order valence-electron chi connectivity index (χ3n) is 3.02. The fourth-order valence-electron chi connectivity index (χ4n) is 1.92. The first-order chi connectivity index (χ1) is 7.93. The van der Waals surface area contributed by atoms with E-state index in [0.29, 0.717) is 18.8 Å². The molecule has 0 unspecified atom stereocenters. The van der Waals surface area contributed by atoms with Gasteiger partial charge in [-0.2, -0.15) is 0 Å². The lowest BCUT2D eigenvalue weighted by Gasteiger charge is -2.40. The maximum Gasteiger partial charge on any atom is 0.274 e. The fraction of sp³-hybridized carbons (Fsp3) is 0.545. The molecule has 0 aliphatic carbocycles. The van der Waals surface area contributed by atoms with Crippen LogP contribution in [0.1, 0.15) is 24.3 Å². The predicted octanol–water partition coefficient (Wildman–Crippen LogP) is -0.229. The molecule has 0 spiro atoms. The second-order valence-corrected chi connectivity index (χ2v) is 4.70. The molecule has 0 atom stereocenters. The highest BCUT2D eigenvalue weighted by atomic mass is 16.2. The zero-order valence-electron chi connectivity index (χ0n) is 10.2. The normalized spacial score (nSPS) is 19.0. The number of amides is 2. The Morgan fingerprint density at radius 1 is 1.53 bits per heavy atom. The first kappa shape index (κ1) is 11.6. The van der Waals surface area contributed by atoms with Crippen LogP contribution in [0.4, 0.5) is 0 Å². The molecule has 2 heterocycles. The summed E-state index contributed by atoms with van der Waals surface area (Å²) in [4.78, 5) is 29.6. The molecule has 1 aliphatic rings. The van der Waals surface area contributed by atoms with Gasteiger partial charge in [-0.1, -0.05) is 0 Å². The number of carbonyl (C=O) groups excluding carboxylic acids is 2. The molecule has 1 aromatic heterocycles. The maximum absolute atomic E-state index is 12.2. The Balaban J connectivity index is 2.27. The van der Waals surface area contributed by atoms with Crippen molar-refractivity contribution >= 4 is 11.8 Å². The van der Waals surface area contributed by atoms with Crippen LogP contribution < -0.4 is 5.32 Å². The molecule has 0 radical (unpaired) electrons. The van der Waals surface area contributed by atoms with Gasteiger partial charge < -0.3 is 14.8 Å². The van der Waals surface area contributed by atoms with E-state index in [2.05, 4.69) is 10.3 Å². The molecule has 1 aliphatic heterocycles. The average Bonchev–Trinajstić information content (AvgIpc) is 2.68. The largest absolute Gasteiger partial charge is 0.352 e. The van der Waals surface area contributed by atoms with Gasteiger partial charge in [0.15, 0.2) is 0 Å². The summed E-state index contributed by atoms with van der Waals surface area (Å²) in [6, 6.07) is 0. The molecule has 1 fully saturated rings. The number of piperazine rings is 1. The third kappa shape index (κ3) is 1.90. The molecule has 2 amide bonds. The van der Waals surface area contributed by atoms with Gasteiger partial charge in [0.2, 0.25) is 5.91 Å². The quantitative estimate of drug-likeness (QED) is 0.732. The minimum Gasteiger partial charge on any atom is -0.352 e. The van der Waals surface area contributed by atoms with Crippen molar-refractivity contribution in [3.63, 3.8) is 0 Å². The van der Waals surface area contributed by atoms with Gasteiger partial charge in [-0.3, -0.25) is 9.59 Å². The van der Waals surface area contributed by atoms with Crippen molar-refractivity contribution in [2.75, 3.05) is 13.1 Å². The number of hydrogen-bond donors (Lipinski definition) is 1. The van der Waals surface area contributed by atoms with Gasteiger partial charge in [-0.25, -0.2) is 4.98 Å². The Morgan fingerprint density at radius 3 is 2.82 bits per heavy atom. The first-order valence-corrected chi connectivity index (χ1v) is 5.51. The number of carbonyl (C=O) groups is 2. The minimum absolute atomic E-state index is 0.131. The maximum atomic E-state index is 12.2. The minimum atomic E-state index is -0.827. The number of rotatable bonds is 1. The molecule has 17 heavy (non-hydrogen) atoms. The number of nitrogens with zero attached hydrogens (tertiary/aromatic N) is 3. The molecular weight excluding hydrogens is 220 g/mol. The zero-order chi connectivity index (χ0) is 12.6. The SMILES string of the molecule is Cn1cnc(C(=O)N2CCNC(=O)C2(C)C)c1. The molecule has 1 aromatic rings. The third-order valence-corrected chi connectivity index (χ3v) is 3.02. The molecular formula is C11H16N4O2. The van der Waals surface area contributed by atoms with E-state index >= 15 is 0 Å². The summed E-state index contributed by atoms with van der Waals surface area (Å²) in [6.07, 6.45) is 3.23. The summed E-state index contributed by atoms with van der Waals surface area (Å²) in [6.45, 7) is 4.47. The van der Waals surface area contributed by atoms with Crippen LogP contribution in [-0.4, -0.2) is 44.9 Å². The summed E-state index contributed by atoms with van der Waals surface area (Å²) in [5.74, 6) is -0.335. The molecule has 2 rings (SSSR count). The highest BCUT2D eigenvalue weighted by Crippen LogP contribution is 2.19. The Kier molecular flexibility index (Phi) is 2.65. The van der Waals surface area contributed by atoms with Gasteiger partial charge in [-0.15, -0.1) is 0 Å². The van der Waals surface area contributed by atoms with Crippen LogP contribution in [0.3, 0.4) is 0 Å². The van der Waals surface area contributed by atoms with Crippen molar-refractivity contribution in [1.82, 2.24) is 19.8 Å². The molecule has 1 N–H and O–H groups in total. The number of imidazole rings is 1. The highest BCUT2D eigenvalue weighted by Gasteiger charge is 2.41. The van der Waals surface area contributed by atoms with E-state index in [1.807, 2.05) is 0 Å². The Morgan fingerprint density at radius 2 is 2.24 bits per heavy atom. The van der Waals surface area contributed by atoms with Gasteiger partial charge in [0.25, 0.3) is 5.91 Å². The van der Waals surface area contributed by atoms with Crippen molar-refractivity contribution in [2.45, 2.75) is 19.4 Å². The average molecular weight is 236 g/mol. The topological polar surface area (TPSA) is 67.2 Å². The van der Waals surface area contributed by atoms with Gasteiger partial charge in [-0.05, 0) is 13.8 Å². The van der Waals surface area contributed by atoms with Gasteiger partial charge in [0.05, 0.1) is 6.33 Å². The van der Waals surface area contributed by atoms with E-state index in [9.17, 15) is 9.59 Å². The van der Waals surface area contributed by atoms with Crippen LogP contribution in [0.25, 0.3) is 0 Å². The van der Waals surface area contributed by atoms with Crippen molar-refractivity contribution in [1.29, 1.82) is 0 Å². The molecule has 6 heteroatoms. The fourth-order valence-corrected chi connectivity index (χ4v) is 1.92. The molecule has 92 valence electrons. The van der Waals surface area contributed by atoms with Crippen LogP contribution in [0.5, 0.6) is 0 Å². The molecule has 0 aromatic carbocycles. The van der Waals surface area contributed by atoms with Crippen LogP contribution >= 0.6 is 0 Å². The molecule has 0 saturated carbocycles. The summed E-state index contributed by atoms with van der Waals surface area (Å²) < 4.78 is 1.71. The second kappa shape index (κ2) is 3.87. The summed E-state index contributed by atoms with van der Waals surface area (Å²) >= 11 is 0. The van der Waals surface area contributed by atoms with Crippen molar-refractivity contribution < 1.29 is 9.59 Å². The Labute approximate surface area is 99.6 Å². The van der Waals surface area contributed by atoms with Crippen LogP contribution in [-0.2, 0) is 11.8 Å². The van der Waals surface area contributed by atoms with E-state index in [0.717, 1.165) is 0 Å². The molecule has 6 nitrogen and oxygen atoms in total. The number of hydrogen-bond acceptors (Lipinski definition) is 3. The monoisotopic (exact) mass is 236 g/mol. The summed E-state index contributed by atoms with van der Waals surface area (Å²) in [7, 11) is 1.80. The first-order valence-electron chi connectivity index (χ1n) is 5.51. The Bertz CT molecular complexity index is 464. The summed E-state index contributed by atoms with van der Waals surface area (Å²) in [5, 5.41) is 2.76. The van der Waals surface area contributed by atoms with Gasteiger partial charge in [0.1, 0.15) is 11.2 Å². The van der Waals surface area contributed by atoms with E-state index in [4.69, 9.17) is 0 Å². The lowest BCUT2D eigenvalue weighted by molar-refractivity contribution is -0.133. The van der Waals surface area contributed by atoms with Crippen LogP contribution in [0, 0.1) is 0 Å². The van der Waals surface area contributed by atoms with Gasteiger partial charge >= 0.3 is 0 Å². The van der Waals surface area contributed by atoms with Crippen LogP contribution in [0.2, 0.25) is 0 Å². The van der Waals surface area contributed by atoms with Crippen molar-refractivity contribution in [2.24, 2.45) is 7.05 Å². The van der Waals surface area contributed by atoms with E-state index in [1.54, 1.807) is 42.9 Å². The molecule has 0 bridgehead atoms. The standard InChI is InChI=1S/C11H16N4O2/c1-11(2)10(17)12-4-5-15(11)9(16)8-6-14(3)7-13-8/h6-7H,4-5H2,1-3H3,(H,12,17). The van der Waals surface area contributed by atoms with Gasteiger partial charge in [0, 0.05) is 26.3 Å². The zero-order valence-corrected chi connectivity index (χ0v) is 10.2. The van der Waals surface area contributed by atoms with E-state index < -0.39 is 5.54 Å². The number of aryl methyl sites for hydroxylation is 1. The highest BCUT2D eigenvalue weighted by molar-refractivity contribution is 5.98. The smallest absolute Gasteiger partial charge is 0.274 e. The van der Waals surface area contributed by atoms with E-state index in [1.165, 1.54) is 0 Å². The Hall–Kier alpha value is -1.85. The van der Waals surface area contributed by atoms with Crippen LogP contribution in [0.15, 0.2) is 12.5 Å². The number of nitrogens with one attached hydrogen (secondary N) is 1.